The normalized spacial score (nSPS) is 18.3. The average molecular weight is 308 g/mol. The minimum absolute atomic E-state index is 0.00967. The third-order valence-corrected chi connectivity index (χ3v) is 3.74. The van der Waals surface area contributed by atoms with Crippen molar-refractivity contribution >= 4 is 11.8 Å². The predicted octanol–water partition coefficient (Wildman–Crippen LogP) is 1.23. The molecule has 122 valence electrons. The van der Waals surface area contributed by atoms with Gasteiger partial charge in [-0.1, -0.05) is 19.0 Å². The van der Waals surface area contributed by atoms with Crippen molar-refractivity contribution in [3.05, 3.63) is 11.7 Å². The third-order valence-electron chi connectivity index (χ3n) is 3.74. The van der Waals surface area contributed by atoms with Gasteiger partial charge in [0, 0.05) is 33.0 Å². The van der Waals surface area contributed by atoms with E-state index in [0.717, 1.165) is 0 Å². The summed E-state index contributed by atoms with van der Waals surface area (Å²) in [6.07, 6.45) is 0.299. The van der Waals surface area contributed by atoms with Crippen LogP contribution in [0.1, 0.15) is 38.9 Å². The van der Waals surface area contributed by atoms with Crippen LogP contribution in [-0.2, 0) is 16.1 Å². The molecule has 1 aromatic rings. The minimum atomic E-state index is -0.265. The van der Waals surface area contributed by atoms with Crippen molar-refractivity contribution in [1.29, 1.82) is 0 Å². The highest BCUT2D eigenvalue weighted by molar-refractivity contribution is 5.89. The van der Waals surface area contributed by atoms with E-state index in [1.807, 2.05) is 6.92 Å². The van der Waals surface area contributed by atoms with Crippen molar-refractivity contribution in [3.8, 4) is 0 Å². The molecule has 2 heterocycles. The number of carbonyl (C=O) groups is 2. The maximum Gasteiger partial charge on any atom is 0.228 e. The number of hydrogen-bond donors (Lipinski definition) is 0. The lowest BCUT2D eigenvalue weighted by atomic mass is 10.1. The minimum Gasteiger partial charge on any atom is -0.342 e. The zero-order valence-corrected chi connectivity index (χ0v) is 13.7. The molecule has 0 aliphatic carbocycles. The molecule has 2 amide bonds. The van der Waals surface area contributed by atoms with Crippen LogP contribution in [0.25, 0.3) is 0 Å². The molecule has 0 spiro atoms. The van der Waals surface area contributed by atoms with Gasteiger partial charge in [-0.15, -0.1) is 0 Å². The number of amides is 2. The Morgan fingerprint density at radius 1 is 1.50 bits per heavy atom. The molecule has 0 bridgehead atoms. The van der Waals surface area contributed by atoms with Crippen LogP contribution < -0.4 is 0 Å². The first-order valence-corrected chi connectivity index (χ1v) is 7.76. The molecule has 1 aromatic heterocycles. The van der Waals surface area contributed by atoms with Crippen LogP contribution >= 0.6 is 0 Å². The van der Waals surface area contributed by atoms with Crippen LogP contribution in [0.4, 0.5) is 0 Å². The largest absolute Gasteiger partial charge is 0.342 e. The molecule has 0 radical (unpaired) electrons. The van der Waals surface area contributed by atoms with Crippen molar-refractivity contribution in [2.24, 2.45) is 11.8 Å². The molecule has 0 unspecified atom stereocenters. The van der Waals surface area contributed by atoms with Crippen LogP contribution in [0.15, 0.2) is 4.52 Å². The molecule has 1 atom stereocenters. The zero-order valence-electron chi connectivity index (χ0n) is 13.7. The molecule has 1 fully saturated rings. The summed E-state index contributed by atoms with van der Waals surface area (Å²) >= 11 is 0. The maximum atomic E-state index is 12.6. The van der Waals surface area contributed by atoms with E-state index in [-0.39, 0.29) is 17.7 Å². The van der Waals surface area contributed by atoms with Gasteiger partial charge in [0.1, 0.15) is 0 Å². The molecule has 0 N–H and O–H groups in total. The van der Waals surface area contributed by atoms with Crippen LogP contribution in [-0.4, -0.2) is 51.4 Å². The molecule has 0 saturated carbocycles. The quantitative estimate of drug-likeness (QED) is 0.789. The number of rotatable bonds is 6. The summed E-state index contributed by atoms with van der Waals surface area (Å²) in [7, 11) is 0. The van der Waals surface area contributed by atoms with E-state index in [4.69, 9.17) is 4.52 Å². The topological polar surface area (TPSA) is 79.5 Å². The van der Waals surface area contributed by atoms with Gasteiger partial charge in [0.15, 0.2) is 5.82 Å². The lowest BCUT2D eigenvalue weighted by molar-refractivity contribution is -0.136. The molecular weight excluding hydrogens is 284 g/mol. The molecule has 1 aliphatic rings. The second-order valence-corrected chi connectivity index (χ2v) is 6.18. The van der Waals surface area contributed by atoms with E-state index < -0.39 is 0 Å². The first kappa shape index (κ1) is 16.5. The second kappa shape index (κ2) is 6.89. The fourth-order valence-electron chi connectivity index (χ4n) is 2.73. The van der Waals surface area contributed by atoms with Crippen molar-refractivity contribution < 1.29 is 14.1 Å². The number of carbonyl (C=O) groups excluding carboxylic acids is 2. The van der Waals surface area contributed by atoms with Crippen LogP contribution in [0, 0.1) is 18.8 Å². The molecule has 1 saturated heterocycles. The van der Waals surface area contributed by atoms with Crippen molar-refractivity contribution in [1.82, 2.24) is 19.9 Å². The smallest absolute Gasteiger partial charge is 0.228 e. The Kier molecular flexibility index (Phi) is 5.15. The van der Waals surface area contributed by atoms with Gasteiger partial charge < -0.3 is 14.3 Å². The van der Waals surface area contributed by atoms with Crippen LogP contribution in [0.3, 0.4) is 0 Å². The van der Waals surface area contributed by atoms with Gasteiger partial charge in [0.05, 0.1) is 12.5 Å². The highest BCUT2D eigenvalue weighted by atomic mass is 16.5. The Hall–Kier alpha value is -1.92. The molecular formula is C15H24N4O3. The fraction of sp³-hybridized carbons (Fsp3) is 0.733. The highest BCUT2D eigenvalue weighted by Crippen LogP contribution is 2.21. The Bertz CT molecular complexity index is 541. The first-order chi connectivity index (χ1) is 10.4. The van der Waals surface area contributed by atoms with Gasteiger partial charge in [-0.2, -0.15) is 4.98 Å². The summed E-state index contributed by atoms with van der Waals surface area (Å²) in [6, 6.07) is 0. The van der Waals surface area contributed by atoms with Crippen LogP contribution in [0.2, 0.25) is 0 Å². The SMILES string of the molecule is CCN(Cc1noc(C)n1)C(=O)[C@H]1CC(=O)N(CC(C)C)C1. The summed E-state index contributed by atoms with van der Waals surface area (Å²) < 4.78 is 4.93. The third kappa shape index (κ3) is 3.84. The number of aryl methyl sites for hydroxylation is 1. The number of likely N-dealkylation sites (tertiary alicyclic amines) is 1. The van der Waals surface area contributed by atoms with Crippen molar-refractivity contribution in [3.63, 3.8) is 0 Å². The lowest BCUT2D eigenvalue weighted by Crippen LogP contribution is -2.37. The maximum absolute atomic E-state index is 12.6. The zero-order chi connectivity index (χ0) is 16.3. The van der Waals surface area contributed by atoms with Gasteiger partial charge in [-0.05, 0) is 12.8 Å². The molecule has 2 rings (SSSR count). The Balaban J connectivity index is 1.98. The Morgan fingerprint density at radius 3 is 2.77 bits per heavy atom. The van der Waals surface area contributed by atoms with Gasteiger partial charge in [-0.25, -0.2) is 0 Å². The van der Waals surface area contributed by atoms with E-state index in [9.17, 15) is 9.59 Å². The van der Waals surface area contributed by atoms with Crippen molar-refractivity contribution in [2.75, 3.05) is 19.6 Å². The lowest BCUT2D eigenvalue weighted by Gasteiger charge is -2.23. The second-order valence-electron chi connectivity index (χ2n) is 6.18. The number of nitrogens with zero attached hydrogens (tertiary/aromatic N) is 4. The van der Waals surface area contributed by atoms with Gasteiger partial charge >= 0.3 is 0 Å². The monoisotopic (exact) mass is 308 g/mol. The molecule has 7 heteroatoms. The van der Waals surface area contributed by atoms with Gasteiger partial charge in [-0.3, -0.25) is 9.59 Å². The average Bonchev–Trinajstić information content (AvgIpc) is 3.02. The first-order valence-electron chi connectivity index (χ1n) is 7.76. The predicted molar refractivity (Wildman–Crippen MR) is 79.7 cm³/mol. The Labute approximate surface area is 130 Å². The summed E-state index contributed by atoms with van der Waals surface area (Å²) in [4.78, 5) is 32.2. The van der Waals surface area contributed by atoms with E-state index in [1.54, 1.807) is 16.7 Å². The summed E-state index contributed by atoms with van der Waals surface area (Å²) in [5, 5.41) is 3.82. The summed E-state index contributed by atoms with van der Waals surface area (Å²) in [5.74, 6) is 1.18. The molecule has 22 heavy (non-hydrogen) atoms. The van der Waals surface area contributed by atoms with Crippen LogP contribution in [0.5, 0.6) is 0 Å². The van der Waals surface area contributed by atoms with E-state index >= 15 is 0 Å². The highest BCUT2D eigenvalue weighted by Gasteiger charge is 2.36. The van der Waals surface area contributed by atoms with E-state index in [2.05, 4.69) is 24.0 Å². The van der Waals surface area contributed by atoms with Crippen molar-refractivity contribution in [2.45, 2.75) is 40.7 Å². The summed E-state index contributed by atoms with van der Waals surface area (Å²) in [6.45, 7) is 9.86. The van der Waals surface area contributed by atoms with Gasteiger partial charge in [0.2, 0.25) is 17.7 Å². The molecule has 0 aromatic carbocycles. The van der Waals surface area contributed by atoms with Gasteiger partial charge in [0.25, 0.3) is 0 Å². The van der Waals surface area contributed by atoms with E-state index in [1.165, 1.54) is 0 Å². The molecule has 1 aliphatic heterocycles. The molecule has 7 nitrogen and oxygen atoms in total. The number of aromatic nitrogens is 2. The Morgan fingerprint density at radius 2 is 2.23 bits per heavy atom. The number of hydrogen-bond acceptors (Lipinski definition) is 5. The van der Waals surface area contributed by atoms with E-state index in [0.29, 0.717) is 50.2 Å². The standard InChI is InChI=1S/C15H24N4O3/c1-5-18(9-13-16-11(4)22-17-13)15(21)12-6-14(20)19(8-12)7-10(2)3/h10,12H,5-9H2,1-4H3/t12-/m0/s1. The fourth-order valence-corrected chi connectivity index (χ4v) is 2.73. The summed E-state index contributed by atoms with van der Waals surface area (Å²) in [5.41, 5.74) is 0.